The molecule has 8 aromatic rings. The van der Waals surface area contributed by atoms with E-state index in [4.69, 9.17) is 8.83 Å². The van der Waals surface area contributed by atoms with E-state index >= 15 is 0 Å². The SMILES string of the molecule is C(=Cc1ccc2c(c1)oc1cc(-c3ccc4c(c3)oc3cc(C=Cc5ccccc5)ccc34)ccc12)c1ccccc1. The van der Waals surface area contributed by atoms with Crippen LogP contribution in [0.3, 0.4) is 0 Å². The molecule has 0 aliphatic rings. The van der Waals surface area contributed by atoms with Gasteiger partial charge in [-0.05, 0) is 81.9 Å². The third-order valence-electron chi connectivity index (χ3n) is 7.86. The molecule has 0 amide bonds. The molecule has 0 radical (unpaired) electrons. The summed E-state index contributed by atoms with van der Waals surface area (Å²) in [4.78, 5) is 0. The first-order valence-corrected chi connectivity index (χ1v) is 14.2. The third-order valence-corrected chi connectivity index (χ3v) is 7.86. The van der Waals surface area contributed by atoms with Gasteiger partial charge >= 0.3 is 0 Å². The van der Waals surface area contributed by atoms with E-state index in [0.717, 1.165) is 66.1 Å². The smallest absolute Gasteiger partial charge is 0.136 e. The highest BCUT2D eigenvalue weighted by Gasteiger charge is 2.12. The van der Waals surface area contributed by atoms with Crippen molar-refractivity contribution in [2.24, 2.45) is 0 Å². The molecule has 0 aliphatic heterocycles. The Morgan fingerprint density at radius 1 is 0.310 bits per heavy atom. The van der Waals surface area contributed by atoms with Crippen molar-refractivity contribution >= 4 is 68.2 Å². The van der Waals surface area contributed by atoms with Crippen LogP contribution in [0.5, 0.6) is 0 Å². The normalized spacial score (nSPS) is 12.1. The van der Waals surface area contributed by atoms with Crippen LogP contribution >= 0.6 is 0 Å². The molecule has 2 heteroatoms. The molecule has 8 rings (SSSR count). The molecule has 0 atom stereocenters. The van der Waals surface area contributed by atoms with Gasteiger partial charge in [-0.2, -0.15) is 0 Å². The lowest BCUT2D eigenvalue weighted by molar-refractivity contribution is 0.668. The van der Waals surface area contributed by atoms with E-state index in [1.165, 1.54) is 11.1 Å². The van der Waals surface area contributed by atoms with Crippen molar-refractivity contribution in [3.8, 4) is 11.1 Å². The lowest BCUT2D eigenvalue weighted by Gasteiger charge is -2.02. The van der Waals surface area contributed by atoms with Crippen LogP contribution in [0.15, 0.2) is 142 Å². The summed E-state index contributed by atoms with van der Waals surface area (Å²) in [6.07, 6.45) is 8.49. The summed E-state index contributed by atoms with van der Waals surface area (Å²) < 4.78 is 12.7. The highest BCUT2D eigenvalue weighted by molar-refractivity contribution is 6.08. The molecule has 2 heterocycles. The fourth-order valence-corrected chi connectivity index (χ4v) is 5.67. The van der Waals surface area contributed by atoms with Crippen LogP contribution < -0.4 is 0 Å². The number of rotatable bonds is 5. The van der Waals surface area contributed by atoms with Crippen molar-refractivity contribution in [3.05, 3.63) is 156 Å². The van der Waals surface area contributed by atoms with Gasteiger partial charge in [0.05, 0.1) is 0 Å². The van der Waals surface area contributed by atoms with Crippen LogP contribution in [0.2, 0.25) is 0 Å². The molecule has 0 saturated carbocycles. The van der Waals surface area contributed by atoms with Crippen molar-refractivity contribution < 1.29 is 8.83 Å². The summed E-state index contributed by atoms with van der Waals surface area (Å²) in [6, 6.07) is 46.4. The van der Waals surface area contributed by atoms with E-state index in [2.05, 4.69) is 121 Å². The average Bonchev–Trinajstić information content (AvgIpc) is 3.60. The molecule has 6 aromatic carbocycles. The van der Waals surface area contributed by atoms with E-state index in [0.29, 0.717) is 0 Å². The van der Waals surface area contributed by atoms with Crippen LogP contribution in [0.25, 0.3) is 79.3 Å². The number of hydrogen-bond acceptors (Lipinski definition) is 2. The van der Waals surface area contributed by atoms with Gasteiger partial charge in [0.1, 0.15) is 22.3 Å². The van der Waals surface area contributed by atoms with Crippen LogP contribution in [0.4, 0.5) is 0 Å². The Balaban J connectivity index is 1.11. The highest BCUT2D eigenvalue weighted by atomic mass is 16.3. The Labute approximate surface area is 243 Å². The summed E-state index contributed by atoms with van der Waals surface area (Å²) in [5.41, 5.74) is 10.3. The maximum absolute atomic E-state index is 6.35. The van der Waals surface area contributed by atoms with Gasteiger partial charge in [0.15, 0.2) is 0 Å². The van der Waals surface area contributed by atoms with Gasteiger partial charge in [-0.25, -0.2) is 0 Å². The summed E-state index contributed by atoms with van der Waals surface area (Å²) in [5, 5.41) is 4.48. The second-order valence-electron chi connectivity index (χ2n) is 10.6. The second kappa shape index (κ2) is 10.1. The molecule has 42 heavy (non-hydrogen) atoms. The number of fused-ring (bicyclic) bond motifs is 6. The fourth-order valence-electron chi connectivity index (χ4n) is 5.67. The molecule has 0 saturated heterocycles. The average molecular weight is 539 g/mol. The van der Waals surface area contributed by atoms with E-state index in [1.807, 2.05) is 36.4 Å². The Hall–Kier alpha value is -5.60. The molecular formula is C40H26O2. The summed E-state index contributed by atoms with van der Waals surface area (Å²) in [5.74, 6) is 0. The lowest BCUT2D eigenvalue weighted by atomic mass is 10.0. The van der Waals surface area contributed by atoms with Crippen LogP contribution in [-0.2, 0) is 0 Å². The standard InChI is InChI=1S/C40H26O2/c1-3-7-27(8-4-1)11-13-29-15-19-33-35-21-17-31(25-39(35)41-37(33)23-29)32-18-22-36-34-20-16-30(24-38(34)42-40(36)26-32)14-12-28-9-5-2-6-10-28/h1-26H. The van der Waals surface area contributed by atoms with Crippen molar-refractivity contribution in [2.75, 3.05) is 0 Å². The molecule has 2 nitrogen and oxygen atoms in total. The largest absolute Gasteiger partial charge is 0.456 e. The van der Waals surface area contributed by atoms with E-state index in [9.17, 15) is 0 Å². The highest BCUT2D eigenvalue weighted by Crippen LogP contribution is 2.36. The molecule has 0 spiro atoms. The first-order valence-electron chi connectivity index (χ1n) is 14.2. The van der Waals surface area contributed by atoms with Crippen LogP contribution in [-0.4, -0.2) is 0 Å². The number of hydrogen-bond donors (Lipinski definition) is 0. The van der Waals surface area contributed by atoms with Gasteiger partial charge in [-0.1, -0.05) is 109 Å². The Morgan fingerprint density at radius 2 is 0.667 bits per heavy atom. The van der Waals surface area contributed by atoms with Gasteiger partial charge in [0.25, 0.3) is 0 Å². The van der Waals surface area contributed by atoms with Crippen molar-refractivity contribution in [2.45, 2.75) is 0 Å². The quantitative estimate of drug-likeness (QED) is 0.204. The van der Waals surface area contributed by atoms with Gasteiger partial charge in [0.2, 0.25) is 0 Å². The Kier molecular flexibility index (Phi) is 5.82. The minimum atomic E-state index is 0.881. The molecule has 0 unspecified atom stereocenters. The zero-order valence-electron chi connectivity index (χ0n) is 22.8. The molecule has 0 N–H and O–H groups in total. The molecule has 0 fully saturated rings. The van der Waals surface area contributed by atoms with Crippen LogP contribution in [0.1, 0.15) is 22.3 Å². The molecule has 198 valence electrons. The van der Waals surface area contributed by atoms with Gasteiger partial charge in [0, 0.05) is 21.5 Å². The monoisotopic (exact) mass is 538 g/mol. The lowest BCUT2D eigenvalue weighted by Crippen LogP contribution is -1.78. The predicted molar refractivity (Wildman–Crippen MR) is 177 cm³/mol. The maximum atomic E-state index is 6.35. The molecule has 2 aromatic heterocycles. The first kappa shape index (κ1) is 24.2. The van der Waals surface area contributed by atoms with E-state index in [-0.39, 0.29) is 0 Å². The minimum Gasteiger partial charge on any atom is -0.456 e. The zero-order valence-corrected chi connectivity index (χ0v) is 22.8. The van der Waals surface area contributed by atoms with Crippen molar-refractivity contribution in [1.29, 1.82) is 0 Å². The third kappa shape index (κ3) is 4.49. The Morgan fingerprint density at radius 3 is 1.10 bits per heavy atom. The van der Waals surface area contributed by atoms with Crippen LogP contribution in [0, 0.1) is 0 Å². The van der Waals surface area contributed by atoms with E-state index in [1.54, 1.807) is 0 Å². The minimum absolute atomic E-state index is 0.881. The van der Waals surface area contributed by atoms with Crippen molar-refractivity contribution in [3.63, 3.8) is 0 Å². The Bertz CT molecular complexity index is 2110. The topological polar surface area (TPSA) is 26.3 Å². The van der Waals surface area contributed by atoms with Crippen molar-refractivity contribution in [1.82, 2.24) is 0 Å². The predicted octanol–water partition coefficient (Wildman–Crippen LogP) is 11.5. The number of furan rings is 2. The summed E-state index contributed by atoms with van der Waals surface area (Å²) in [6.45, 7) is 0. The van der Waals surface area contributed by atoms with Gasteiger partial charge < -0.3 is 8.83 Å². The first-order chi connectivity index (χ1) is 20.8. The molecular weight excluding hydrogens is 512 g/mol. The molecule has 0 aliphatic carbocycles. The van der Waals surface area contributed by atoms with E-state index < -0.39 is 0 Å². The fraction of sp³-hybridized carbons (Fsp3) is 0. The molecule has 0 bridgehead atoms. The van der Waals surface area contributed by atoms with Gasteiger partial charge in [-0.3, -0.25) is 0 Å². The number of benzene rings is 6. The second-order valence-corrected chi connectivity index (χ2v) is 10.6. The maximum Gasteiger partial charge on any atom is 0.136 e. The summed E-state index contributed by atoms with van der Waals surface area (Å²) in [7, 11) is 0. The van der Waals surface area contributed by atoms with Gasteiger partial charge in [-0.15, -0.1) is 0 Å². The summed E-state index contributed by atoms with van der Waals surface area (Å²) >= 11 is 0. The zero-order chi connectivity index (χ0) is 27.9.